The van der Waals surface area contributed by atoms with Crippen LogP contribution in [0.2, 0.25) is 0 Å². The summed E-state index contributed by atoms with van der Waals surface area (Å²) in [5, 5.41) is 14.8. The van der Waals surface area contributed by atoms with Crippen LogP contribution in [0.1, 0.15) is 30.9 Å². The van der Waals surface area contributed by atoms with E-state index < -0.39 is 6.36 Å². The molecule has 3 rings (SSSR count). The van der Waals surface area contributed by atoms with Gasteiger partial charge in [0.1, 0.15) is 5.82 Å². The first-order valence-corrected chi connectivity index (χ1v) is 8.30. The number of hydrogen-bond donors (Lipinski definition) is 3. The lowest BCUT2D eigenvalue weighted by molar-refractivity contribution is -0.274. The lowest BCUT2D eigenvalue weighted by Crippen LogP contribution is -2.18. The van der Waals surface area contributed by atoms with Gasteiger partial charge in [0.15, 0.2) is 5.75 Å². The summed E-state index contributed by atoms with van der Waals surface area (Å²) in [6.07, 6.45) is -2.18. The van der Waals surface area contributed by atoms with Gasteiger partial charge in [0.2, 0.25) is 5.95 Å². The molecule has 0 saturated heterocycles. The summed E-state index contributed by atoms with van der Waals surface area (Å²) in [6, 6.07) is 7.52. The van der Waals surface area contributed by atoms with Gasteiger partial charge in [0, 0.05) is 25.1 Å². The Hall–Kier alpha value is -2.55. The molecule has 1 aliphatic carbocycles. The van der Waals surface area contributed by atoms with Crippen molar-refractivity contribution < 1.29 is 23.0 Å². The summed E-state index contributed by atoms with van der Waals surface area (Å²) >= 11 is 0. The van der Waals surface area contributed by atoms with Crippen LogP contribution in [0, 0.1) is 0 Å². The number of rotatable bonds is 8. The maximum Gasteiger partial charge on any atom is 0.573 e. The lowest BCUT2D eigenvalue weighted by atomic mass is 10.2. The second-order valence-electron chi connectivity index (χ2n) is 5.95. The van der Waals surface area contributed by atoms with Crippen molar-refractivity contribution in [2.45, 2.75) is 31.5 Å². The number of aromatic nitrogens is 2. The first kappa shape index (κ1) is 18.2. The highest BCUT2D eigenvalue weighted by molar-refractivity contribution is 5.65. The van der Waals surface area contributed by atoms with Crippen LogP contribution in [-0.2, 0) is 0 Å². The molecule has 1 saturated carbocycles. The van der Waals surface area contributed by atoms with E-state index >= 15 is 0 Å². The molecule has 0 aliphatic heterocycles. The standard InChI is InChI=1S/C17H19F3N4O2/c18-17(19,20)26-14-5-2-1-4-12(14)22-15-10-13(11-6-7-11)23-16(24-15)21-8-3-9-25/h1-2,4-5,10-11,25H,3,6-9H2,(H2,21,22,23,24). The number of para-hydroxylation sites is 2. The highest BCUT2D eigenvalue weighted by atomic mass is 19.4. The molecule has 9 heteroatoms. The molecule has 0 atom stereocenters. The van der Waals surface area contributed by atoms with Gasteiger partial charge in [-0.15, -0.1) is 13.2 Å². The number of alkyl halides is 3. The number of anilines is 3. The third kappa shape index (κ3) is 5.22. The molecule has 1 fully saturated rings. The molecule has 2 aromatic rings. The quantitative estimate of drug-likeness (QED) is 0.615. The van der Waals surface area contributed by atoms with Crippen LogP contribution in [0.15, 0.2) is 30.3 Å². The van der Waals surface area contributed by atoms with E-state index in [0.29, 0.717) is 30.6 Å². The van der Waals surface area contributed by atoms with Crippen molar-refractivity contribution in [3.63, 3.8) is 0 Å². The van der Waals surface area contributed by atoms with E-state index in [9.17, 15) is 13.2 Å². The van der Waals surface area contributed by atoms with Gasteiger partial charge in [-0.1, -0.05) is 12.1 Å². The predicted octanol–water partition coefficient (Wildman–Crippen LogP) is 3.79. The van der Waals surface area contributed by atoms with Crippen LogP contribution in [0.4, 0.5) is 30.6 Å². The SMILES string of the molecule is OCCCNc1nc(Nc2ccccc2OC(F)(F)F)cc(C2CC2)n1. The number of aliphatic hydroxyl groups is 1. The number of aliphatic hydroxyl groups excluding tert-OH is 1. The zero-order valence-electron chi connectivity index (χ0n) is 13.9. The van der Waals surface area contributed by atoms with Gasteiger partial charge >= 0.3 is 6.36 Å². The highest BCUT2D eigenvalue weighted by Crippen LogP contribution is 2.40. The average Bonchev–Trinajstić information content (AvgIpc) is 3.40. The van der Waals surface area contributed by atoms with Gasteiger partial charge in [-0.3, -0.25) is 0 Å². The molecule has 3 N–H and O–H groups in total. The maximum absolute atomic E-state index is 12.6. The Morgan fingerprint density at radius 1 is 1.19 bits per heavy atom. The molecule has 26 heavy (non-hydrogen) atoms. The highest BCUT2D eigenvalue weighted by Gasteiger charge is 2.32. The molecule has 6 nitrogen and oxygen atoms in total. The number of benzene rings is 1. The van der Waals surface area contributed by atoms with E-state index in [1.54, 1.807) is 12.1 Å². The van der Waals surface area contributed by atoms with Crippen LogP contribution in [0.3, 0.4) is 0 Å². The van der Waals surface area contributed by atoms with Crippen molar-refractivity contribution in [2.75, 3.05) is 23.8 Å². The normalized spacial score (nSPS) is 14.2. The third-order valence-electron chi connectivity index (χ3n) is 3.74. The van der Waals surface area contributed by atoms with Gasteiger partial charge < -0.3 is 20.5 Å². The van der Waals surface area contributed by atoms with Crippen LogP contribution in [-0.4, -0.2) is 34.6 Å². The van der Waals surface area contributed by atoms with Crippen molar-refractivity contribution in [1.82, 2.24) is 9.97 Å². The Labute approximate surface area is 148 Å². The average molecular weight is 368 g/mol. The van der Waals surface area contributed by atoms with Crippen LogP contribution in [0.5, 0.6) is 5.75 Å². The first-order chi connectivity index (χ1) is 12.4. The summed E-state index contributed by atoms with van der Waals surface area (Å²) in [5.74, 6) is 0.770. The first-order valence-electron chi connectivity index (χ1n) is 8.30. The summed E-state index contributed by atoms with van der Waals surface area (Å²) in [7, 11) is 0. The van der Waals surface area contributed by atoms with Crippen molar-refractivity contribution in [1.29, 1.82) is 0 Å². The second kappa shape index (κ2) is 7.77. The third-order valence-corrected chi connectivity index (χ3v) is 3.74. The van der Waals surface area contributed by atoms with E-state index in [-0.39, 0.29) is 18.0 Å². The molecular weight excluding hydrogens is 349 g/mol. The van der Waals surface area contributed by atoms with Crippen LogP contribution in [0.25, 0.3) is 0 Å². The molecule has 1 heterocycles. The minimum atomic E-state index is -4.78. The molecular formula is C17H19F3N4O2. The summed E-state index contributed by atoms with van der Waals surface area (Å²) in [6.45, 7) is 0.542. The van der Waals surface area contributed by atoms with Crippen molar-refractivity contribution in [2.24, 2.45) is 0 Å². The van der Waals surface area contributed by atoms with E-state index in [1.165, 1.54) is 18.2 Å². The zero-order chi connectivity index (χ0) is 18.6. The number of hydrogen-bond acceptors (Lipinski definition) is 6. The largest absolute Gasteiger partial charge is 0.573 e. The summed E-state index contributed by atoms with van der Waals surface area (Å²) in [5.41, 5.74) is 0.995. The van der Waals surface area contributed by atoms with Crippen LogP contribution < -0.4 is 15.4 Å². The van der Waals surface area contributed by atoms with Crippen molar-refractivity contribution >= 4 is 17.5 Å². The van der Waals surface area contributed by atoms with E-state index in [2.05, 4.69) is 25.3 Å². The maximum atomic E-state index is 12.6. The van der Waals surface area contributed by atoms with Crippen molar-refractivity contribution in [3.05, 3.63) is 36.0 Å². The Morgan fingerprint density at radius 2 is 1.96 bits per heavy atom. The number of nitrogens with one attached hydrogen (secondary N) is 2. The molecule has 0 bridgehead atoms. The molecule has 1 aliphatic rings. The number of ether oxygens (including phenoxy) is 1. The van der Waals surface area contributed by atoms with Gasteiger partial charge in [-0.05, 0) is 31.4 Å². The molecule has 0 amide bonds. The van der Waals surface area contributed by atoms with Gasteiger partial charge in [-0.2, -0.15) is 4.98 Å². The Balaban J connectivity index is 1.82. The second-order valence-corrected chi connectivity index (χ2v) is 5.95. The Kier molecular flexibility index (Phi) is 5.46. The van der Waals surface area contributed by atoms with Crippen molar-refractivity contribution in [3.8, 4) is 5.75 Å². The predicted molar refractivity (Wildman–Crippen MR) is 90.6 cm³/mol. The topological polar surface area (TPSA) is 79.3 Å². The monoisotopic (exact) mass is 368 g/mol. The number of halogens is 3. The minimum Gasteiger partial charge on any atom is -0.404 e. The molecule has 1 aromatic heterocycles. The molecule has 0 unspecified atom stereocenters. The molecule has 1 aromatic carbocycles. The molecule has 0 spiro atoms. The smallest absolute Gasteiger partial charge is 0.404 e. The van der Waals surface area contributed by atoms with E-state index in [1.807, 2.05) is 0 Å². The molecule has 140 valence electrons. The fraction of sp³-hybridized carbons (Fsp3) is 0.412. The van der Waals surface area contributed by atoms with Gasteiger partial charge in [-0.25, -0.2) is 4.98 Å². The Morgan fingerprint density at radius 3 is 2.65 bits per heavy atom. The fourth-order valence-corrected chi connectivity index (χ4v) is 2.40. The van der Waals surface area contributed by atoms with E-state index in [0.717, 1.165) is 18.5 Å². The van der Waals surface area contributed by atoms with Gasteiger partial charge in [0.25, 0.3) is 0 Å². The fourth-order valence-electron chi connectivity index (χ4n) is 2.40. The summed E-state index contributed by atoms with van der Waals surface area (Å²) < 4.78 is 41.8. The zero-order valence-corrected chi connectivity index (χ0v) is 13.9. The number of nitrogens with zero attached hydrogens (tertiary/aromatic N) is 2. The summed E-state index contributed by atoms with van der Waals surface area (Å²) in [4.78, 5) is 8.73. The van der Waals surface area contributed by atoms with Crippen LogP contribution >= 0.6 is 0 Å². The van der Waals surface area contributed by atoms with Gasteiger partial charge in [0.05, 0.1) is 11.4 Å². The molecule has 0 radical (unpaired) electrons. The lowest BCUT2D eigenvalue weighted by Gasteiger charge is -2.15. The Bertz CT molecular complexity index is 751. The minimum absolute atomic E-state index is 0.0442. The van der Waals surface area contributed by atoms with E-state index in [4.69, 9.17) is 5.11 Å².